The third kappa shape index (κ3) is 1.74. The van der Waals surface area contributed by atoms with Crippen molar-refractivity contribution < 1.29 is 9.15 Å². The normalized spacial score (nSPS) is 16.6. The van der Waals surface area contributed by atoms with E-state index in [0.29, 0.717) is 5.82 Å². The number of hydrogen-bond donors (Lipinski definition) is 1. The number of benzene rings is 1. The molecule has 0 radical (unpaired) electrons. The molecule has 0 atom stereocenters. The first-order chi connectivity index (χ1) is 10.3. The van der Waals surface area contributed by atoms with E-state index in [-0.39, 0.29) is 22.8 Å². The van der Waals surface area contributed by atoms with Crippen LogP contribution < -0.4 is 5.73 Å². The molecular weight excluding hydrogens is 270 g/mol. The van der Waals surface area contributed by atoms with Gasteiger partial charge in [0.05, 0.1) is 5.41 Å². The summed E-state index contributed by atoms with van der Waals surface area (Å²) in [6, 6.07) is 10.2. The van der Waals surface area contributed by atoms with Crippen molar-refractivity contribution in [3.05, 3.63) is 41.7 Å². The lowest BCUT2D eigenvalue weighted by Crippen LogP contribution is -2.36. The van der Waals surface area contributed by atoms with Crippen molar-refractivity contribution in [3.63, 3.8) is 0 Å². The highest BCUT2D eigenvalue weighted by molar-refractivity contribution is 5.60. The molecule has 2 N–H and O–H groups in total. The van der Waals surface area contributed by atoms with Crippen LogP contribution in [0.4, 0.5) is 5.82 Å². The molecule has 1 aromatic carbocycles. The van der Waals surface area contributed by atoms with E-state index in [4.69, 9.17) is 10.3 Å². The number of rotatable bonds is 3. The third-order valence-corrected chi connectivity index (χ3v) is 4.10. The Balaban J connectivity index is 1.76. The first-order valence-corrected chi connectivity index (χ1v) is 6.78. The lowest BCUT2D eigenvalue weighted by molar-refractivity contribution is 0.272. The molecule has 2 heterocycles. The Hall–Kier alpha value is -2.70. The van der Waals surface area contributed by atoms with Gasteiger partial charge in [0.15, 0.2) is 5.82 Å². The molecule has 3 aromatic rings. The van der Waals surface area contributed by atoms with E-state index >= 15 is 0 Å². The van der Waals surface area contributed by atoms with Gasteiger partial charge in [-0.3, -0.25) is 0 Å². The zero-order valence-corrected chi connectivity index (χ0v) is 11.2. The summed E-state index contributed by atoms with van der Waals surface area (Å²) in [4.78, 5) is 4.46. The maximum absolute atomic E-state index is 5.65. The van der Waals surface area contributed by atoms with Gasteiger partial charge in [-0.15, -0.1) is 0 Å². The molecule has 1 aliphatic rings. The minimum atomic E-state index is -0.172. The highest BCUT2D eigenvalue weighted by Gasteiger charge is 2.44. The number of nitrogens with zero attached hydrogens (tertiary/aromatic N) is 4. The maximum atomic E-state index is 5.65. The summed E-state index contributed by atoms with van der Waals surface area (Å²) in [7, 11) is 0. The molecule has 0 aliphatic heterocycles. The van der Waals surface area contributed by atoms with E-state index in [1.165, 1.54) is 5.56 Å². The van der Waals surface area contributed by atoms with Crippen LogP contribution in [0.3, 0.4) is 0 Å². The van der Waals surface area contributed by atoms with Crippen molar-refractivity contribution in [1.82, 2.24) is 20.5 Å². The molecular formula is C14H13N5O2. The molecule has 1 saturated carbocycles. The van der Waals surface area contributed by atoms with Gasteiger partial charge in [-0.2, -0.15) is 4.98 Å². The quantitative estimate of drug-likeness (QED) is 0.785. The number of aromatic nitrogens is 4. The zero-order chi connectivity index (χ0) is 14.3. The molecule has 0 unspecified atom stereocenters. The van der Waals surface area contributed by atoms with Crippen molar-refractivity contribution in [1.29, 1.82) is 0 Å². The van der Waals surface area contributed by atoms with Gasteiger partial charge in [-0.25, -0.2) is 4.63 Å². The van der Waals surface area contributed by atoms with Gasteiger partial charge in [0.2, 0.25) is 11.5 Å². The van der Waals surface area contributed by atoms with Crippen LogP contribution in [0.25, 0.3) is 11.6 Å². The second-order valence-electron chi connectivity index (χ2n) is 5.22. The van der Waals surface area contributed by atoms with E-state index in [2.05, 4.69) is 37.2 Å². The van der Waals surface area contributed by atoms with Crippen LogP contribution in [-0.4, -0.2) is 20.5 Å². The average Bonchev–Trinajstić information content (AvgIpc) is 3.08. The van der Waals surface area contributed by atoms with Crippen LogP contribution in [0, 0.1) is 0 Å². The van der Waals surface area contributed by atoms with Crippen LogP contribution >= 0.6 is 0 Å². The number of nitrogen functional groups attached to an aromatic ring is 1. The lowest BCUT2D eigenvalue weighted by Gasteiger charge is -2.39. The fourth-order valence-corrected chi connectivity index (χ4v) is 2.79. The van der Waals surface area contributed by atoms with Crippen molar-refractivity contribution in [3.8, 4) is 11.6 Å². The Kier molecular flexibility index (Phi) is 2.53. The summed E-state index contributed by atoms with van der Waals surface area (Å²) >= 11 is 0. The van der Waals surface area contributed by atoms with Crippen LogP contribution in [0.1, 0.15) is 30.7 Å². The molecule has 2 aromatic heterocycles. The monoisotopic (exact) mass is 283 g/mol. The van der Waals surface area contributed by atoms with Crippen molar-refractivity contribution in [2.24, 2.45) is 0 Å². The summed E-state index contributed by atoms with van der Waals surface area (Å²) in [5.74, 6) is 1.05. The van der Waals surface area contributed by atoms with Crippen LogP contribution in [0.5, 0.6) is 0 Å². The number of nitrogens with two attached hydrogens (primary N) is 1. The molecule has 0 bridgehead atoms. The summed E-state index contributed by atoms with van der Waals surface area (Å²) in [5.41, 5.74) is 6.97. The number of hydrogen-bond acceptors (Lipinski definition) is 7. The Bertz CT molecular complexity index is 761. The predicted molar refractivity (Wildman–Crippen MR) is 73.1 cm³/mol. The van der Waals surface area contributed by atoms with E-state index < -0.39 is 0 Å². The fraction of sp³-hybridized carbons (Fsp3) is 0.286. The van der Waals surface area contributed by atoms with Crippen molar-refractivity contribution in [2.45, 2.75) is 24.7 Å². The van der Waals surface area contributed by atoms with Gasteiger partial charge in [-0.05, 0) is 28.7 Å². The van der Waals surface area contributed by atoms with E-state index in [1.807, 2.05) is 18.2 Å². The molecule has 0 spiro atoms. The van der Waals surface area contributed by atoms with Crippen LogP contribution in [-0.2, 0) is 5.41 Å². The highest BCUT2D eigenvalue weighted by Crippen LogP contribution is 2.48. The Morgan fingerprint density at radius 2 is 1.86 bits per heavy atom. The number of anilines is 1. The standard InChI is InChI=1S/C14H13N5O2/c15-11-10(17-21-18-11)12-16-13(19-20-12)14(7-4-8-14)9-5-2-1-3-6-9/h1-3,5-6H,4,7-8H2,(H2,15,18). The zero-order valence-electron chi connectivity index (χ0n) is 11.2. The lowest BCUT2D eigenvalue weighted by atomic mass is 9.64. The minimum absolute atomic E-state index is 0.146. The summed E-state index contributed by atoms with van der Waals surface area (Å²) < 4.78 is 9.86. The van der Waals surface area contributed by atoms with Gasteiger partial charge in [-0.1, -0.05) is 41.9 Å². The first kappa shape index (κ1) is 12.1. The average molecular weight is 283 g/mol. The molecule has 106 valence electrons. The Morgan fingerprint density at radius 1 is 1.05 bits per heavy atom. The van der Waals surface area contributed by atoms with Crippen molar-refractivity contribution in [2.75, 3.05) is 5.73 Å². The maximum Gasteiger partial charge on any atom is 0.284 e. The van der Waals surface area contributed by atoms with E-state index in [9.17, 15) is 0 Å². The molecule has 1 fully saturated rings. The SMILES string of the molecule is Nc1nonc1-c1nc(C2(c3ccccc3)CCC2)no1. The smallest absolute Gasteiger partial charge is 0.284 e. The second kappa shape index (κ2) is 4.41. The van der Waals surface area contributed by atoms with Gasteiger partial charge < -0.3 is 10.3 Å². The highest BCUT2D eigenvalue weighted by atomic mass is 16.6. The van der Waals surface area contributed by atoms with Gasteiger partial charge in [0.1, 0.15) is 0 Å². The molecule has 1 aliphatic carbocycles. The van der Waals surface area contributed by atoms with Crippen LogP contribution in [0.2, 0.25) is 0 Å². The van der Waals surface area contributed by atoms with Crippen molar-refractivity contribution >= 4 is 5.82 Å². The minimum Gasteiger partial charge on any atom is -0.379 e. The van der Waals surface area contributed by atoms with E-state index in [1.54, 1.807) is 0 Å². The van der Waals surface area contributed by atoms with Gasteiger partial charge in [0.25, 0.3) is 5.89 Å². The molecule has 0 saturated heterocycles. The Morgan fingerprint density at radius 3 is 2.48 bits per heavy atom. The van der Waals surface area contributed by atoms with Gasteiger partial charge >= 0.3 is 0 Å². The topological polar surface area (TPSA) is 104 Å². The molecule has 0 amide bonds. The second-order valence-corrected chi connectivity index (χ2v) is 5.22. The molecule has 7 heteroatoms. The summed E-state index contributed by atoms with van der Waals surface area (Å²) in [6.07, 6.45) is 3.15. The molecule has 7 nitrogen and oxygen atoms in total. The molecule has 21 heavy (non-hydrogen) atoms. The molecule has 4 rings (SSSR count). The largest absolute Gasteiger partial charge is 0.379 e. The summed E-state index contributed by atoms with van der Waals surface area (Å²) in [6.45, 7) is 0. The third-order valence-electron chi connectivity index (χ3n) is 4.10. The van der Waals surface area contributed by atoms with Crippen LogP contribution in [0.15, 0.2) is 39.5 Å². The predicted octanol–water partition coefficient (Wildman–Crippen LogP) is 2.17. The first-order valence-electron chi connectivity index (χ1n) is 6.78. The van der Waals surface area contributed by atoms with E-state index in [0.717, 1.165) is 19.3 Å². The Labute approximate surface area is 120 Å². The van der Waals surface area contributed by atoms with Gasteiger partial charge in [0, 0.05) is 0 Å². The fourth-order valence-electron chi connectivity index (χ4n) is 2.79. The summed E-state index contributed by atoms with van der Waals surface area (Å²) in [5, 5.41) is 11.3.